The lowest BCUT2D eigenvalue weighted by Gasteiger charge is -2.31. The number of hydrogen-bond acceptors (Lipinski definition) is 5. The first-order valence-corrected chi connectivity index (χ1v) is 12.8. The maximum Gasteiger partial charge on any atom is 0.408 e. The summed E-state index contributed by atoms with van der Waals surface area (Å²) in [5.41, 5.74) is 0.698. The molecule has 0 bridgehead atoms. The number of carbonyl (C=O) groups excluding carboxylic acids is 3. The Morgan fingerprint density at radius 2 is 1.74 bits per heavy atom. The summed E-state index contributed by atoms with van der Waals surface area (Å²) in [6.45, 7) is 10.7. The highest BCUT2D eigenvalue weighted by atomic mass is 16.6. The molecule has 204 valence electrons. The maximum absolute atomic E-state index is 14.0. The Hall–Kier alpha value is -3.99. The van der Waals surface area contributed by atoms with E-state index in [1.807, 2.05) is 44.2 Å². The molecule has 0 radical (unpaired) electrons. The lowest BCUT2D eigenvalue weighted by atomic mass is 9.98. The van der Waals surface area contributed by atoms with Crippen molar-refractivity contribution in [1.29, 1.82) is 0 Å². The van der Waals surface area contributed by atoms with Crippen LogP contribution < -0.4 is 10.6 Å². The van der Waals surface area contributed by atoms with Crippen LogP contribution in [0.1, 0.15) is 70.2 Å². The fourth-order valence-electron chi connectivity index (χ4n) is 4.06. The number of nitrogens with zero attached hydrogens (tertiary/aromatic N) is 1. The molecule has 8 heteroatoms. The van der Waals surface area contributed by atoms with E-state index in [4.69, 9.17) is 11.2 Å². The molecule has 0 spiro atoms. The van der Waals surface area contributed by atoms with Crippen molar-refractivity contribution in [3.05, 3.63) is 65.2 Å². The topological polar surface area (TPSA) is 108 Å². The van der Waals surface area contributed by atoms with Gasteiger partial charge in [0.05, 0.1) is 0 Å². The Kier molecular flexibility index (Phi) is 10.8. The molecule has 8 nitrogen and oxygen atoms in total. The standard InChI is InChI=1S/C30H39N3O5/c1-8-14-21(4)31-27(35)25(23-18-13-15-20(3)26(23)34)33(9-2)28(36)24(19-22-16-11-10-12-17-22)32-29(37)38-30(5,6)7/h2,10-13,15-18,21,24-25,34H,8,14,19H2,1,3-7H3,(H,31,35)(H,32,37). The minimum Gasteiger partial charge on any atom is -0.507 e. The number of phenols is 1. The van der Waals surface area contributed by atoms with E-state index in [1.54, 1.807) is 45.9 Å². The van der Waals surface area contributed by atoms with Gasteiger partial charge in [0.15, 0.2) is 6.04 Å². The van der Waals surface area contributed by atoms with Crippen molar-refractivity contribution in [2.45, 2.75) is 84.5 Å². The van der Waals surface area contributed by atoms with Crippen molar-refractivity contribution >= 4 is 17.9 Å². The van der Waals surface area contributed by atoms with E-state index in [0.717, 1.165) is 23.3 Å². The molecule has 0 heterocycles. The van der Waals surface area contributed by atoms with Gasteiger partial charge in [0.2, 0.25) is 5.91 Å². The molecule has 3 unspecified atom stereocenters. The zero-order chi connectivity index (χ0) is 28.5. The van der Waals surface area contributed by atoms with Gasteiger partial charge in [0.1, 0.15) is 17.4 Å². The highest BCUT2D eigenvalue weighted by Gasteiger charge is 2.37. The second kappa shape index (κ2) is 13.5. The van der Waals surface area contributed by atoms with Crippen LogP contribution in [0.5, 0.6) is 5.75 Å². The lowest BCUT2D eigenvalue weighted by molar-refractivity contribution is -0.138. The lowest BCUT2D eigenvalue weighted by Crippen LogP contribution is -2.53. The molecule has 2 rings (SSSR count). The summed E-state index contributed by atoms with van der Waals surface area (Å²) in [6.07, 6.45) is 6.72. The number of phenolic OH excluding ortho intramolecular Hbond substituents is 1. The Morgan fingerprint density at radius 1 is 1.08 bits per heavy atom. The van der Waals surface area contributed by atoms with Gasteiger partial charge in [0, 0.05) is 24.1 Å². The summed E-state index contributed by atoms with van der Waals surface area (Å²) in [4.78, 5) is 41.2. The number of benzene rings is 2. The molecule has 0 aliphatic heterocycles. The van der Waals surface area contributed by atoms with E-state index >= 15 is 0 Å². The van der Waals surface area contributed by atoms with Crippen LogP contribution in [-0.4, -0.2) is 45.6 Å². The third-order valence-electron chi connectivity index (χ3n) is 5.83. The summed E-state index contributed by atoms with van der Waals surface area (Å²) in [5, 5.41) is 16.4. The van der Waals surface area contributed by atoms with E-state index in [1.165, 1.54) is 0 Å². The molecule has 3 amide bonds. The molecule has 2 aromatic carbocycles. The molecule has 0 aliphatic rings. The summed E-state index contributed by atoms with van der Waals surface area (Å²) in [7, 11) is 0. The largest absolute Gasteiger partial charge is 0.507 e. The average molecular weight is 522 g/mol. The van der Waals surface area contributed by atoms with Crippen LogP contribution in [0.3, 0.4) is 0 Å². The van der Waals surface area contributed by atoms with Gasteiger partial charge in [-0.15, -0.1) is 0 Å². The van der Waals surface area contributed by atoms with Crippen molar-refractivity contribution < 1.29 is 24.2 Å². The highest BCUT2D eigenvalue weighted by Crippen LogP contribution is 2.32. The number of hydrogen-bond donors (Lipinski definition) is 3. The first-order valence-electron chi connectivity index (χ1n) is 12.8. The van der Waals surface area contributed by atoms with E-state index in [2.05, 4.69) is 16.7 Å². The first kappa shape index (κ1) is 30.2. The van der Waals surface area contributed by atoms with Crippen LogP contribution in [0.15, 0.2) is 48.5 Å². The van der Waals surface area contributed by atoms with Crippen molar-refractivity contribution in [2.24, 2.45) is 0 Å². The maximum atomic E-state index is 14.0. The molecule has 3 N–H and O–H groups in total. The van der Waals surface area contributed by atoms with Crippen LogP contribution in [0.25, 0.3) is 0 Å². The Morgan fingerprint density at radius 3 is 2.32 bits per heavy atom. The number of rotatable bonds is 10. The number of nitrogens with one attached hydrogen (secondary N) is 2. The predicted molar refractivity (Wildman–Crippen MR) is 147 cm³/mol. The third-order valence-corrected chi connectivity index (χ3v) is 5.83. The molecule has 3 atom stereocenters. The molecule has 2 aromatic rings. The van der Waals surface area contributed by atoms with Gasteiger partial charge in [-0.05, 0) is 52.2 Å². The van der Waals surface area contributed by atoms with Gasteiger partial charge in [-0.3, -0.25) is 14.5 Å². The van der Waals surface area contributed by atoms with Crippen LogP contribution in [0.4, 0.5) is 4.79 Å². The Bertz CT molecular complexity index is 1150. The number of ether oxygens (including phenoxy) is 1. The van der Waals surface area contributed by atoms with Gasteiger partial charge in [-0.2, -0.15) is 0 Å². The molecular weight excluding hydrogens is 482 g/mol. The minimum absolute atomic E-state index is 0.109. The molecule has 0 saturated heterocycles. The monoisotopic (exact) mass is 521 g/mol. The molecule has 0 saturated carbocycles. The summed E-state index contributed by atoms with van der Waals surface area (Å²) >= 11 is 0. The SMILES string of the molecule is C#CN(C(=O)C(Cc1ccccc1)NC(=O)OC(C)(C)C)C(C(=O)NC(C)CCC)c1cccc(C)c1O. The molecule has 0 aromatic heterocycles. The Balaban J connectivity index is 2.53. The summed E-state index contributed by atoms with van der Waals surface area (Å²) < 4.78 is 5.38. The number of carbonyl (C=O) groups is 3. The van der Waals surface area contributed by atoms with Crippen LogP contribution in [0, 0.1) is 19.4 Å². The van der Waals surface area contributed by atoms with E-state index in [-0.39, 0.29) is 23.8 Å². The smallest absolute Gasteiger partial charge is 0.408 e. The molecular formula is C30H39N3O5. The summed E-state index contributed by atoms with van der Waals surface area (Å²) in [5.74, 6) is -1.36. The minimum atomic E-state index is -1.33. The molecule has 0 fully saturated rings. The van der Waals surface area contributed by atoms with Crippen molar-refractivity contribution in [3.63, 3.8) is 0 Å². The van der Waals surface area contributed by atoms with Gasteiger partial charge < -0.3 is 20.5 Å². The predicted octanol–water partition coefficient (Wildman–Crippen LogP) is 4.60. The van der Waals surface area contributed by atoms with E-state index < -0.39 is 35.6 Å². The number of terminal acetylenes is 1. The van der Waals surface area contributed by atoms with Crippen LogP contribution in [-0.2, 0) is 20.7 Å². The van der Waals surface area contributed by atoms with Crippen molar-refractivity contribution in [1.82, 2.24) is 15.5 Å². The van der Waals surface area contributed by atoms with Gasteiger partial charge in [-0.25, -0.2) is 4.79 Å². The van der Waals surface area contributed by atoms with E-state index in [9.17, 15) is 19.5 Å². The second-order valence-corrected chi connectivity index (χ2v) is 10.3. The fourth-order valence-corrected chi connectivity index (χ4v) is 4.06. The number of aryl methyl sites for hydroxylation is 1. The zero-order valence-corrected chi connectivity index (χ0v) is 23.1. The second-order valence-electron chi connectivity index (χ2n) is 10.3. The van der Waals surface area contributed by atoms with Gasteiger partial charge >= 0.3 is 6.09 Å². The van der Waals surface area contributed by atoms with E-state index in [0.29, 0.717) is 5.56 Å². The first-order chi connectivity index (χ1) is 17.9. The molecule has 38 heavy (non-hydrogen) atoms. The number of alkyl carbamates (subject to hydrolysis) is 1. The summed E-state index contributed by atoms with van der Waals surface area (Å²) in [6, 6.07) is 13.7. The number of amides is 3. The third kappa shape index (κ3) is 8.55. The van der Waals surface area contributed by atoms with Gasteiger partial charge in [0.25, 0.3) is 5.91 Å². The molecule has 0 aliphatic carbocycles. The quantitative estimate of drug-likeness (QED) is 0.313. The number of aromatic hydroxyl groups is 1. The van der Waals surface area contributed by atoms with Crippen LogP contribution in [0.2, 0.25) is 0 Å². The normalized spacial score (nSPS) is 13.4. The highest BCUT2D eigenvalue weighted by molar-refractivity contribution is 5.94. The fraction of sp³-hybridized carbons (Fsp3) is 0.433. The zero-order valence-electron chi connectivity index (χ0n) is 23.1. The van der Waals surface area contributed by atoms with Crippen molar-refractivity contribution in [2.75, 3.05) is 0 Å². The van der Waals surface area contributed by atoms with Gasteiger partial charge in [-0.1, -0.05) is 68.3 Å². The Labute approximate surface area is 225 Å². The average Bonchev–Trinajstić information content (AvgIpc) is 2.83. The van der Waals surface area contributed by atoms with Crippen LogP contribution >= 0.6 is 0 Å². The number of para-hydroxylation sites is 1. The van der Waals surface area contributed by atoms with Crippen molar-refractivity contribution in [3.8, 4) is 18.2 Å².